The number of benzene rings is 1. The standard InChI is InChI=1S/C18H25NO4/c1-22-13-8-6-12(7-9-13)15-14(17(21)23-2)16(20)19-18(15)10-4-3-5-11-18/h6-9,14-16,19-20H,3-5,10-11H2,1-2H3/t14-,15?,16?/m0/s1. The van der Waals surface area contributed by atoms with Gasteiger partial charge in [0.2, 0.25) is 0 Å². The number of ether oxygens (including phenoxy) is 2. The van der Waals surface area contributed by atoms with Crippen LogP contribution in [0.3, 0.4) is 0 Å². The third-order valence-corrected chi connectivity index (χ3v) is 5.42. The molecule has 0 radical (unpaired) electrons. The van der Waals surface area contributed by atoms with Crippen molar-refractivity contribution in [3.63, 3.8) is 0 Å². The molecule has 126 valence electrons. The van der Waals surface area contributed by atoms with Gasteiger partial charge in [-0.15, -0.1) is 0 Å². The van der Waals surface area contributed by atoms with Crippen molar-refractivity contribution in [2.75, 3.05) is 14.2 Å². The Labute approximate surface area is 137 Å². The van der Waals surface area contributed by atoms with Crippen molar-refractivity contribution >= 4 is 5.97 Å². The Hall–Kier alpha value is -1.59. The van der Waals surface area contributed by atoms with Crippen LogP contribution in [0.25, 0.3) is 0 Å². The summed E-state index contributed by atoms with van der Waals surface area (Å²) in [5.74, 6) is -0.233. The Balaban J connectivity index is 2.01. The lowest BCUT2D eigenvalue weighted by Gasteiger charge is -2.40. The van der Waals surface area contributed by atoms with Gasteiger partial charge in [-0.3, -0.25) is 10.1 Å². The Morgan fingerprint density at radius 2 is 1.83 bits per heavy atom. The number of hydrogen-bond donors (Lipinski definition) is 2. The van der Waals surface area contributed by atoms with Gasteiger partial charge in [-0.2, -0.15) is 0 Å². The molecule has 1 aliphatic heterocycles. The first kappa shape index (κ1) is 16.3. The lowest BCUT2D eigenvalue weighted by atomic mass is 9.68. The van der Waals surface area contributed by atoms with Gasteiger partial charge in [-0.05, 0) is 30.5 Å². The van der Waals surface area contributed by atoms with Gasteiger partial charge in [0.05, 0.1) is 14.2 Å². The van der Waals surface area contributed by atoms with Crippen LogP contribution in [0.15, 0.2) is 24.3 Å². The summed E-state index contributed by atoms with van der Waals surface area (Å²) in [6.07, 6.45) is 4.49. The van der Waals surface area contributed by atoms with Crippen LogP contribution in [0.5, 0.6) is 5.75 Å². The van der Waals surface area contributed by atoms with Crippen molar-refractivity contribution in [1.82, 2.24) is 5.32 Å². The minimum Gasteiger partial charge on any atom is -0.497 e. The summed E-state index contributed by atoms with van der Waals surface area (Å²) in [7, 11) is 3.02. The molecule has 5 heteroatoms. The number of aliphatic hydroxyl groups is 1. The second-order valence-corrected chi connectivity index (χ2v) is 6.61. The average molecular weight is 319 g/mol. The van der Waals surface area contributed by atoms with Crippen molar-refractivity contribution < 1.29 is 19.4 Å². The van der Waals surface area contributed by atoms with E-state index in [1.165, 1.54) is 13.5 Å². The number of carbonyl (C=O) groups is 1. The van der Waals surface area contributed by atoms with Gasteiger partial charge < -0.3 is 14.6 Å². The third-order valence-electron chi connectivity index (χ3n) is 5.42. The highest BCUT2D eigenvalue weighted by atomic mass is 16.5. The Morgan fingerprint density at radius 3 is 2.39 bits per heavy atom. The normalized spacial score (nSPS) is 29.4. The molecule has 3 atom stereocenters. The molecule has 3 rings (SSSR count). The zero-order chi connectivity index (χ0) is 16.4. The van der Waals surface area contributed by atoms with Gasteiger partial charge in [0.25, 0.3) is 0 Å². The smallest absolute Gasteiger partial charge is 0.313 e. The van der Waals surface area contributed by atoms with E-state index >= 15 is 0 Å². The van der Waals surface area contributed by atoms with E-state index in [9.17, 15) is 9.90 Å². The highest BCUT2D eigenvalue weighted by molar-refractivity contribution is 5.75. The summed E-state index contributed by atoms with van der Waals surface area (Å²) in [6, 6.07) is 7.81. The van der Waals surface area contributed by atoms with E-state index in [1.54, 1.807) is 7.11 Å². The summed E-state index contributed by atoms with van der Waals surface area (Å²) >= 11 is 0. The molecule has 1 saturated heterocycles. The molecule has 1 aromatic carbocycles. The second kappa shape index (κ2) is 6.49. The van der Waals surface area contributed by atoms with Crippen LogP contribution >= 0.6 is 0 Å². The molecular weight excluding hydrogens is 294 g/mol. The van der Waals surface area contributed by atoms with Gasteiger partial charge in [0, 0.05) is 11.5 Å². The predicted molar refractivity (Wildman–Crippen MR) is 86.2 cm³/mol. The van der Waals surface area contributed by atoms with Crippen molar-refractivity contribution in [1.29, 1.82) is 0 Å². The lowest BCUT2D eigenvalue weighted by molar-refractivity contribution is -0.149. The van der Waals surface area contributed by atoms with E-state index in [1.807, 2.05) is 24.3 Å². The first-order valence-electron chi connectivity index (χ1n) is 8.29. The van der Waals surface area contributed by atoms with Crippen molar-refractivity contribution in [3.05, 3.63) is 29.8 Å². The number of carbonyl (C=O) groups excluding carboxylic acids is 1. The highest BCUT2D eigenvalue weighted by Gasteiger charge is 2.56. The molecule has 2 aliphatic rings. The third kappa shape index (κ3) is 2.83. The first-order chi connectivity index (χ1) is 11.1. The average Bonchev–Trinajstić information content (AvgIpc) is 2.86. The van der Waals surface area contributed by atoms with E-state index in [0.717, 1.165) is 37.0 Å². The number of rotatable bonds is 3. The predicted octanol–water partition coefficient (Wildman–Crippen LogP) is 2.19. The molecule has 1 saturated carbocycles. The number of methoxy groups -OCH3 is 2. The van der Waals surface area contributed by atoms with E-state index in [4.69, 9.17) is 9.47 Å². The van der Waals surface area contributed by atoms with Crippen LogP contribution in [0, 0.1) is 5.92 Å². The van der Waals surface area contributed by atoms with Crippen molar-refractivity contribution in [2.45, 2.75) is 49.8 Å². The quantitative estimate of drug-likeness (QED) is 0.836. The van der Waals surface area contributed by atoms with E-state index < -0.39 is 12.1 Å². The van der Waals surface area contributed by atoms with E-state index in [-0.39, 0.29) is 17.4 Å². The lowest BCUT2D eigenvalue weighted by Crippen LogP contribution is -2.47. The summed E-state index contributed by atoms with van der Waals surface area (Å²) < 4.78 is 10.2. The molecule has 23 heavy (non-hydrogen) atoms. The van der Waals surface area contributed by atoms with Crippen LogP contribution in [0.4, 0.5) is 0 Å². The van der Waals surface area contributed by atoms with Gasteiger partial charge in [-0.25, -0.2) is 0 Å². The summed E-state index contributed by atoms with van der Waals surface area (Å²) in [4.78, 5) is 12.3. The Morgan fingerprint density at radius 1 is 1.17 bits per heavy atom. The number of hydrogen-bond acceptors (Lipinski definition) is 5. The minimum atomic E-state index is -0.868. The van der Waals surface area contributed by atoms with Crippen LogP contribution in [-0.2, 0) is 9.53 Å². The van der Waals surface area contributed by atoms with Gasteiger partial charge >= 0.3 is 5.97 Å². The molecule has 0 aromatic heterocycles. The zero-order valence-corrected chi connectivity index (χ0v) is 13.7. The van der Waals surface area contributed by atoms with Crippen LogP contribution in [-0.4, -0.2) is 37.1 Å². The number of aliphatic hydroxyl groups excluding tert-OH is 1. The van der Waals surface area contributed by atoms with E-state index in [2.05, 4.69) is 5.32 Å². The van der Waals surface area contributed by atoms with Crippen LogP contribution < -0.4 is 10.1 Å². The SMILES string of the molecule is COC(=O)[C@@H]1C(O)NC2(CCCCC2)C1c1ccc(OC)cc1. The molecule has 5 nitrogen and oxygen atoms in total. The number of nitrogens with one attached hydrogen (secondary N) is 1. The molecule has 0 bridgehead atoms. The highest BCUT2D eigenvalue weighted by Crippen LogP contribution is 2.50. The molecule has 1 spiro atoms. The van der Waals surface area contributed by atoms with Gasteiger partial charge in [-0.1, -0.05) is 31.4 Å². The first-order valence-corrected chi connectivity index (χ1v) is 8.29. The fourth-order valence-electron chi connectivity index (χ4n) is 4.38. The van der Waals surface area contributed by atoms with Gasteiger partial charge in [0.15, 0.2) is 0 Å². The minimum absolute atomic E-state index is 0.0869. The largest absolute Gasteiger partial charge is 0.497 e. The van der Waals surface area contributed by atoms with Gasteiger partial charge in [0.1, 0.15) is 17.9 Å². The molecule has 2 fully saturated rings. The van der Waals surface area contributed by atoms with Crippen LogP contribution in [0.2, 0.25) is 0 Å². The molecule has 2 N–H and O–H groups in total. The monoisotopic (exact) mass is 319 g/mol. The maximum Gasteiger partial charge on any atom is 0.313 e. The fourth-order valence-corrected chi connectivity index (χ4v) is 4.38. The molecule has 2 unspecified atom stereocenters. The maximum atomic E-state index is 12.3. The molecule has 1 aromatic rings. The molecule has 0 amide bonds. The summed E-state index contributed by atoms with van der Waals surface area (Å²) in [6.45, 7) is 0. The van der Waals surface area contributed by atoms with E-state index in [0.29, 0.717) is 0 Å². The Kier molecular flexibility index (Phi) is 4.60. The summed E-state index contributed by atoms with van der Waals surface area (Å²) in [5, 5.41) is 13.8. The molecule has 1 aliphatic carbocycles. The summed E-state index contributed by atoms with van der Waals surface area (Å²) in [5.41, 5.74) is 0.817. The zero-order valence-electron chi connectivity index (χ0n) is 13.7. The molecule has 1 heterocycles. The Bertz CT molecular complexity index is 551. The van der Waals surface area contributed by atoms with Crippen LogP contribution in [0.1, 0.15) is 43.6 Å². The van der Waals surface area contributed by atoms with Crippen molar-refractivity contribution in [2.24, 2.45) is 5.92 Å². The second-order valence-electron chi connectivity index (χ2n) is 6.61. The van der Waals surface area contributed by atoms with Crippen molar-refractivity contribution in [3.8, 4) is 5.75 Å². The maximum absolute atomic E-state index is 12.3. The number of esters is 1. The molecular formula is C18H25NO4. The fraction of sp³-hybridized carbons (Fsp3) is 0.611. The topological polar surface area (TPSA) is 67.8 Å².